The van der Waals surface area contributed by atoms with E-state index in [2.05, 4.69) is 56.3 Å². The molecule has 4 rings (SSSR count). The highest BCUT2D eigenvalue weighted by molar-refractivity contribution is 5.66. The van der Waals surface area contributed by atoms with Gasteiger partial charge in [-0.25, -0.2) is 0 Å². The molecule has 0 N–H and O–H groups in total. The predicted octanol–water partition coefficient (Wildman–Crippen LogP) is 8.78. The molecule has 1 fully saturated rings. The summed E-state index contributed by atoms with van der Waals surface area (Å²) in [6, 6.07) is 16.4. The summed E-state index contributed by atoms with van der Waals surface area (Å²) in [5.74, 6) is 1.21. The van der Waals surface area contributed by atoms with Crippen molar-refractivity contribution in [2.45, 2.75) is 96.4 Å². The number of hydrogen-bond donors (Lipinski definition) is 0. The van der Waals surface area contributed by atoms with Gasteiger partial charge in [0.1, 0.15) is 12.0 Å². The van der Waals surface area contributed by atoms with Gasteiger partial charge in [-0.3, -0.25) is 4.90 Å². The SMILES string of the molecule is COc1ccc([C@]2(CCN(Cc3ccc(C4=CC[C@H](CC=O)CC4)cc3)CC(C)(C)C(F)(F)F)CCOC(C)(C)C2)cc1. The van der Waals surface area contributed by atoms with E-state index in [1.54, 1.807) is 7.11 Å². The highest BCUT2D eigenvalue weighted by Crippen LogP contribution is 2.45. The second kappa shape index (κ2) is 13.6. The van der Waals surface area contributed by atoms with Crippen LogP contribution in [0.2, 0.25) is 0 Å². The van der Waals surface area contributed by atoms with Crippen molar-refractivity contribution < 1.29 is 27.4 Å². The molecule has 0 amide bonds. The maximum absolute atomic E-state index is 14.1. The van der Waals surface area contributed by atoms with E-state index in [-0.39, 0.29) is 17.6 Å². The van der Waals surface area contributed by atoms with Crippen LogP contribution in [0.15, 0.2) is 54.6 Å². The summed E-state index contributed by atoms with van der Waals surface area (Å²) in [5.41, 5.74) is 2.23. The summed E-state index contributed by atoms with van der Waals surface area (Å²) in [6.07, 6.45) is 4.74. The number of aldehydes is 1. The number of hydrogen-bond acceptors (Lipinski definition) is 4. The van der Waals surface area contributed by atoms with Crippen molar-refractivity contribution in [2.75, 3.05) is 26.8 Å². The monoisotopic (exact) mass is 599 g/mol. The molecule has 1 aliphatic heterocycles. The molecule has 4 nitrogen and oxygen atoms in total. The molecule has 1 saturated heterocycles. The van der Waals surface area contributed by atoms with Crippen LogP contribution in [0.4, 0.5) is 13.2 Å². The first-order valence-electron chi connectivity index (χ1n) is 15.6. The zero-order chi connectivity index (χ0) is 31.3. The van der Waals surface area contributed by atoms with E-state index < -0.39 is 11.6 Å². The molecular formula is C36H48F3NO3. The Balaban J connectivity index is 1.55. The van der Waals surface area contributed by atoms with Crippen LogP contribution in [0.25, 0.3) is 5.57 Å². The number of methoxy groups -OCH3 is 1. The number of carbonyl (C=O) groups excluding carboxylic acids is 1. The Morgan fingerprint density at radius 1 is 1.07 bits per heavy atom. The molecule has 0 aromatic heterocycles. The van der Waals surface area contributed by atoms with Crippen molar-refractivity contribution in [2.24, 2.45) is 11.3 Å². The van der Waals surface area contributed by atoms with Gasteiger partial charge in [0.2, 0.25) is 0 Å². The number of alkyl halides is 3. The molecule has 2 aromatic carbocycles. The van der Waals surface area contributed by atoms with Crippen molar-refractivity contribution in [3.05, 3.63) is 71.3 Å². The van der Waals surface area contributed by atoms with Gasteiger partial charge in [0, 0.05) is 31.5 Å². The van der Waals surface area contributed by atoms with Crippen molar-refractivity contribution >= 4 is 11.9 Å². The summed E-state index contributed by atoms with van der Waals surface area (Å²) in [5, 5.41) is 0. The Hall–Kier alpha value is -2.64. The number of carbonyl (C=O) groups is 1. The van der Waals surface area contributed by atoms with E-state index in [0.29, 0.717) is 32.0 Å². The molecule has 2 aliphatic rings. The minimum atomic E-state index is -4.31. The maximum atomic E-state index is 14.1. The fourth-order valence-electron chi connectivity index (χ4n) is 6.84. The predicted molar refractivity (Wildman–Crippen MR) is 166 cm³/mol. The van der Waals surface area contributed by atoms with E-state index in [1.807, 2.05) is 17.0 Å². The Bertz CT molecular complexity index is 1230. The first-order chi connectivity index (χ1) is 20.3. The number of allylic oxidation sites excluding steroid dienone is 2. The minimum absolute atomic E-state index is 0.0832. The third-order valence-corrected chi connectivity index (χ3v) is 9.51. The topological polar surface area (TPSA) is 38.8 Å². The lowest BCUT2D eigenvalue weighted by atomic mass is 9.67. The van der Waals surface area contributed by atoms with Gasteiger partial charge in [-0.05, 0) is 113 Å². The van der Waals surface area contributed by atoms with Crippen LogP contribution < -0.4 is 4.74 Å². The zero-order valence-electron chi connectivity index (χ0n) is 26.4. The van der Waals surface area contributed by atoms with Gasteiger partial charge >= 0.3 is 6.18 Å². The molecule has 1 aliphatic carbocycles. The largest absolute Gasteiger partial charge is 0.497 e. The molecule has 236 valence electrons. The number of rotatable bonds is 12. The van der Waals surface area contributed by atoms with Crippen LogP contribution in [0.3, 0.4) is 0 Å². The first-order valence-corrected chi connectivity index (χ1v) is 15.6. The molecular weight excluding hydrogens is 551 g/mol. The Kier molecular flexibility index (Phi) is 10.5. The van der Waals surface area contributed by atoms with Gasteiger partial charge in [0.15, 0.2) is 0 Å². The Labute approximate surface area is 255 Å². The molecule has 43 heavy (non-hydrogen) atoms. The molecule has 7 heteroatoms. The number of benzene rings is 2. The van der Waals surface area contributed by atoms with E-state index in [4.69, 9.17) is 9.47 Å². The number of nitrogens with zero attached hydrogens (tertiary/aromatic N) is 1. The normalized spacial score (nSPS) is 22.7. The highest BCUT2D eigenvalue weighted by Gasteiger charge is 2.48. The lowest BCUT2D eigenvalue weighted by molar-refractivity contribution is -0.217. The second-order valence-corrected chi connectivity index (χ2v) is 13.9. The van der Waals surface area contributed by atoms with Gasteiger partial charge < -0.3 is 14.3 Å². The van der Waals surface area contributed by atoms with Crippen LogP contribution in [0.1, 0.15) is 89.3 Å². The van der Waals surface area contributed by atoms with Crippen molar-refractivity contribution in [3.8, 4) is 5.75 Å². The maximum Gasteiger partial charge on any atom is 0.395 e. The lowest BCUT2D eigenvalue weighted by Crippen LogP contribution is -2.47. The molecule has 0 radical (unpaired) electrons. The van der Waals surface area contributed by atoms with Gasteiger partial charge in [0.25, 0.3) is 0 Å². The van der Waals surface area contributed by atoms with E-state index in [1.165, 1.54) is 25.0 Å². The van der Waals surface area contributed by atoms with Crippen molar-refractivity contribution in [1.82, 2.24) is 4.90 Å². The van der Waals surface area contributed by atoms with Gasteiger partial charge in [-0.2, -0.15) is 13.2 Å². The van der Waals surface area contributed by atoms with E-state index in [0.717, 1.165) is 61.7 Å². The van der Waals surface area contributed by atoms with Gasteiger partial charge in [-0.1, -0.05) is 42.5 Å². The highest BCUT2D eigenvalue weighted by atomic mass is 19.4. The first kappa shape index (κ1) is 33.3. The third-order valence-electron chi connectivity index (χ3n) is 9.51. The number of ether oxygens (including phenoxy) is 2. The van der Waals surface area contributed by atoms with Gasteiger partial charge in [-0.15, -0.1) is 0 Å². The lowest BCUT2D eigenvalue weighted by Gasteiger charge is -2.46. The zero-order valence-corrected chi connectivity index (χ0v) is 26.4. The third kappa shape index (κ3) is 8.51. The molecule has 0 unspecified atom stereocenters. The molecule has 0 spiro atoms. The van der Waals surface area contributed by atoms with Crippen molar-refractivity contribution in [3.63, 3.8) is 0 Å². The Morgan fingerprint density at radius 3 is 2.33 bits per heavy atom. The Morgan fingerprint density at radius 2 is 1.77 bits per heavy atom. The van der Waals surface area contributed by atoms with E-state index in [9.17, 15) is 18.0 Å². The molecule has 2 atom stereocenters. The molecule has 0 saturated carbocycles. The molecule has 1 heterocycles. The van der Waals surface area contributed by atoms with Gasteiger partial charge in [0.05, 0.1) is 18.1 Å². The molecule has 2 aromatic rings. The average molecular weight is 600 g/mol. The minimum Gasteiger partial charge on any atom is -0.497 e. The smallest absolute Gasteiger partial charge is 0.395 e. The second-order valence-electron chi connectivity index (χ2n) is 13.9. The summed E-state index contributed by atoms with van der Waals surface area (Å²) in [6.45, 7) is 8.30. The average Bonchev–Trinajstić information content (AvgIpc) is 2.96. The van der Waals surface area contributed by atoms with Crippen LogP contribution in [-0.4, -0.2) is 49.8 Å². The van der Waals surface area contributed by atoms with Crippen LogP contribution >= 0.6 is 0 Å². The van der Waals surface area contributed by atoms with Crippen LogP contribution in [-0.2, 0) is 21.5 Å². The van der Waals surface area contributed by atoms with Crippen molar-refractivity contribution in [1.29, 1.82) is 0 Å². The quantitative estimate of drug-likeness (QED) is 0.229. The standard InChI is InChI=1S/C36H48F3NO3/c1-33(2,36(37,38)39)26-40(24-28-8-12-30(13-9-28)29-10-6-27(7-11-29)18-22-41)21-19-35(20-23-43-34(3,4)25-35)31-14-16-32(42-5)17-15-31/h8-10,12-17,22,27H,6-7,11,18-21,23-26H2,1-5H3/t27-,35+/m0/s1. The molecule has 0 bridgehead atoms. The number of halogens is 3. The van der Waals surface area contributed by atoms with Crippen LogP contribution in [0, 0.1) is 11.3 Å². The summed E-state index contributed by atoms with van der Waals surface area (Å²) in [4.78, 5) is 12.9. The summed E-state index contributed by atoms with van der Waals surface area (Å²) in [7, 11) is 1.65. The fraction of sp³-hybridized carbons (Fsp3) is 0.583. The van der Waals surface area contributed by atoms with E-state index >= 15 is 0 Å². The fourth-order valence-corrected chi connectivity index (χ4v) is 6.84. The summed E-state index contributed by atoms with van der Waals surface area (Å²) < 4.78 is 53.8. The van der Waals surface area contributed by atoms with Crippen LogP contribution in [0.5, 0.6) is 5.75 Å². The summed E-state index contributed by atoms with van der Waals surface area (Å²) >= 11 is 0.